The van der Waals surface area contributed by atoms with E-state index in [1.54, 1.807) is 12.3 Å². The molecular weight excluding hydrogens is 284 g/mol. The first kappa shape index (κ1) is 15.0. The van der Waals surface area contributed by atoms with Crippen molar-refractivity contribution in [3.63, 3.8) is 0 Å². The molecule has 1 N–H and O–H groups in total. The van der Waals surface area contributed by atoms with Crippen LogP contribution in [0.4, 0.5) is 0 Å². The molecule has 1 heterocycles. The summed E-state index contributed by atoms with van der Waals surface area (Å²) in [5.41, 5.74) is 4.76. The Bertz CT molecular complexity index is 778. The molecular formula is C20H18N2O. The Morgan fingerprint density at radius 2 is 1.70 bits per heavy atom. The number of nitrogens with zero attached hydrogens (tertiary/aromatic N) is 1. The van der Waals surface area contributed by atoms with Crippen LogP contribution in [0.3, 0.4) is 0 Å². The van der Waals surface area contributed by atoms with Crippen LogP contribution in [0.5, 0.6) is 0 Å². The number of carbonyl (C=O) groups is 1. The summed E-state index contributed by atoms with van der Waals surface area (Å²) in [7, 11) is 0. The van der Waals surface area contributed by atoms with Crippen molar-refractivity contribution in [1.29, 1.82) is 0 Å². The Hall–Kier alpha value is -2.94. The normalized spacial score (nSPS) is 10.3. The molecule has 3 aromatic rings. The van der Waals surface area contributed by atoms with Crippen molar-refractivity contribution in [2.45, 2.75) is 13.5 Å². The lowest BCUT2D eigenvalue weighted by atomic mass is 10.1. The van der Waals surface area contributed by atoms with Crippen LogP contribution < -0.4 is 5.32 Å². The molecule has 3 rings (SSSR count). The summed E-state index contributed by atoms with van der Waals surface area (Å²) >= 11 is 0. The predicted octanol–water partition coefficient (Wildman–Crippen LogP) is 3.99. The molecule has 1 aromatic heterocycles. The van der Waals surface area contributed by atoms with Crippen molar-refractivity contribution >= 4 is 5.91 Å². The zero-order valence-corrected chi connectivity index (χ0v) is 13.0. The highest BCUT2D eigenvalue weighted by Crippen LogP contribution is 2.16. The Morgan fingerprint density at radius 1 is 0.957 bits per heavy atom. The van der Waals surface area contributed by atoms with Gasteiger partial charge in [0.1, 0.15) is 0 Å². The van der Waals surface area contributed by atoms with E-state index in [9.17, 15) is 4.79 Å². The maximum absolute atomic E-state index is 12.2. The molecule has 23 heavy (non-hydrogen) atoms. The summed E-state index contributed by atoms with van der Waals surface area (Å²) in [6.45, 7) is 2.56. The Morgan fingerprint density at radius 3 is 2.35 bits per heavy atom. The summed E-state index contributed by atoms with van der Waals surface area (Å²) in [6.07, 6.45) is 1.62. The van der Waals surface area contributed by atoms with Gasteiger partial charge in [-0.3, -0.25) is 9.78 Å². The van der Waals surface area contributed by atoms with Gasteiger partial charge in [-0.1, -0.05) is 60.2 Å². The van der Waals surface area contributed by atoms with E-state index in [2.05, 4.69) is 10.3 Å². The molecule has 0 bridgehead atoms. The molecule has 0 fully saturated rings. The Balaban J connectivity index is 1.65. The topological polar surface area (TPSA) is 42.0 Å². The molecule has 0 saturated heterocycles. The fourth-order valence-electron chi connectivity index (χ4n) is 2.30. The van der Waals surface area contributed by atoms with Gasteiger partial charge in [-0.25, -0.2) is 0 Å². The average Bonchev–Trinajstić information content (AvgIpc) is 2.62. The molecule has 0 unspecified atom stereocenters. The lowest BCUT2D eigenvalue weighted by Crippen LogP contribution is -2.22. The second-order valence-electron chi connectivity index (χ2n) is 5.47. The minimum atomic E-state index is -0.113. The molecule has 114 valence electrons. The highest BCUT2D eigenvalue weighted by molar-refractivity contribution is 5.94. The van der Waals surface area contributed by atoms with Crippen molar-refractivity contribution in [2.24, 2.45) is 0 Å². The number of carbonyl (C=O) groups excluding carboxylic acids is 1. The van der Waals surface area contributed by atoms with Crippen LogP contribution >= 0.6 is 0 Å². The number of hydrogen-bond acceptors (Lipinski definition) is 2. The number of benzene rings is 2. The molecule has 0 radical (unpaired) electrons. The number of aromatic nitrogens is 1. The van der Waals surface area contributed by atoms with E-state index in [1.165, 1.54) is 5.56 Å². The fraction of sp³-hybridized carbons (Fsp3) is 0.100. The molecule has 0 atom stereocenters. The molecule has 3 heteroatoms. The number of aryl methyl sites for hydroxylation is 1. The van der Waals surface area contributed by atoms with Crippen LogP contribution in [0.25, 0.3) is 11.3 Å². The van der Waals surface area contributed by atoms with E-state index in [4.69, 9.17) is 0 Å². The Labute approximate surface area is 136 Å². The number of nitrogens with one attached hydrogen (secondary N) is 1. The van der Waals surface area contributed by atoms with E-state index < -0.39 is 0 Å². The second kappa shape index (κ2) is 6.88. The first-order chi connectivity index (χ1) is 11.2. The summed E-state index contributed by atoms with van der Waals surface area (Å²) in [5.74, 6) is -0.113. The van der Waals surface area contributed by atoms with Crippen molar-refractivity contribution in [3.8, 4) is 11.3 Å². The van der Waals surface area contributed by atoms with Crippen molar-refractivity contribution < 1.29 is 4.79 Å². The molecule has 0 aliphatic rings. The van der Waals surface area contributed by atoms with Crippen LogP contribution in [-0.4, -0.2) is 10.9 Å². The molecule has 0 aliphatic carbocycles. The van der Waals surface area contributed by atoms with E-state index in [0.29, 0.717) is 12.1 Å². The van der Waals surface area contributed by atoms with Gasteiger partial charge >= 0.3 is 0 Å². The van der Waals surface area contributed by atoms with Gasteiger partial charge in [0.2, 0.25) is 0 Å². The Kier molecular flexibility index (Phi) is 4.48. The van der Waals surface area contributed by atoms with Crippen LogP contribution in [0.2, 0.25) is 0 Å². The van der Waals surface area contributed by atoms with E-state index >= 15 is 0 Å². The smallest absolute Gasteiger partial charge is 0.253 e. The number of pyridine rings is 1. The van der Waals surface area contributed by atoms with Gasteiger partial charge in [-0.2, -0.15) is 0 Å². The number of amides is 1. The molecule has 1 amide bonds. The monoisotopic (exact) mass is 302 g/mol. The van der Waals surface area contributed by atoms with Crippen LogP contribution in [0.15, 0.2) is 72.9 Å². The zero-order chi connectivity index (χ0) is 16.1. The van der Waals surface area contributed by atoms with E-state index in [0.717, 1.165) is 16.8 Å². The lowest BCUT2D eigenvalue weighted by molar-refractivity contribution is 0.0950. The van der Waals surface area contributed by atoms with Crippen LogP contribution in [-0.2, 0) is 6.54 Å². The summed E-state index contributed by atoms with van der Waals surface area (Å²) in [6, 6.07) is 21.7. The van der Waals surface area contributed by atoms with Gasteiger partial charge in [-0.15, -0.1) is 0 Å². The van der Waals surface area contributed by atoms with Gasteiger partial charge in [0.25, 0.3) is 5.91 Å². The highest BCUT2D eigenvalue weighted by Gasteiger charge is 2.06. The van der Waals surface area contributed by atoms with Gasteiger partial charge in [0.15, 0.2) is 0 Å². The molecule has 0 spiro atoms. The van der Waals surface area contributed by atoms with Crippen LogP contribution in [0, 0.1) is 6.92 Å². The predicted molar refractivity (Wildman–Crippen MR) is 92.0 cm³/mol. The van der Waals surface area contributed by atoms with Gasteiger partial charge in [-0.05, 0) is 24.6 Å². The van der Waals surface area contributed by atoms with Gasteiger partial charge in [0.05, 0.1) is 11.3 Å². The minimum Gasteiger partial charge on any atom is -0.348 e. The molecule has 0 aliphatic heterocycles. The lowest BCUT2D eigenvalue weighted by Gasteiger charge is -2.06. The van der Waals surface area contributed by atoms with Crippen molar-refractivity contribution in [2.75, 3.05) is 0 Å². The maximum atomic E-state index is 12.2. The third-order valence-corrected chi connectivity index (χ3v) is 3.67. The van der Waals surface area contributed by atoms with Gasteiger partial charge in [0, 0.05) is 18.3 Å². The number of hydrogen-bond donors (Lipinski definition) is 1. The summed E-state index contributed by atoms with van der Waals surface area (Å²) in [4.78, 5) is 16.6. The standard InChI is InChI=1S/C20H18N2O/c1-15-7-9-16(10-8-15)13-22-20(23)18-11-12-19(21-14-18)17-5-3-2-4-6-17/h2-12,14H,13H2,1H3,(H,22,23). The highest BCUT2D eigenvalue weighted by atomic mass is 16.1. The third-order valence-electron chi connectivity index (χ3n) is 3.67. The minimum absolute atomic E-state index is 0.113. The zero-order valence-electron chi connectivity index (χ0n) is 13.0. The maximum Gasteiger partial charge on any atom is 0.253 e. The summed E-state index contributed by atoms with van der Waals surface area (Å²) in [5, 5.41) is 2.91. The van der Waals surface area contributed by atoms with Crippen molar-refractivity contribution in [3.05, 3.63) is 89.6 Å². The largest absolute Gasteiger partial charge is 0.348 e. The van der Waals surface area contributed by atoms with Gasteiger partial charge < -0.3 is 5.32 Å². The number of rotatable bonds is 4. The van der Waals surface area contributed by atoms with Crippen molar-refractivity contribution in [1.82, 2.24) is 10.3 Å². The molecule has 3 nitrogen and oxygen atoms in total. The quantitative estimate of drug-likeness (QED) is 0.792. The first-order valence-electron chi connectivity index (χ1n) is 7.57. The fourth-order valence-corrected chi connectivity index (χ4v) is 2.30. The molecule has 2 aromatic carbocycles. The first-order valence-corrected chi connectivity index (χ1v) is 7.57. The van der Waals surface area contributed by atoms with E-state index in [-0.39, 0.29) is 5.91 Å². The van der Waals surface area contributed by atoms with E-state index in [1.807, 2.05) is 67.6 Å². The molecule has 0 saturated carbocycles. The summed E-state index contributed by atoms with van der Waals surface area (Å²) < 4.78 is 0. The SMILES string of the molecule is Cc1ccc(CNC(=O)c2ccc(-c3ccccc3)nc2)cc1. The third kappa shape index (κ3) is 3.83. The second-order valence-corrected chi connectivity index (χ2v) is 5.47. The average molecular weight is 302 g/mol. The van der Waals surface area contributed by atoms with Crippen LogP contribution in [0.1, 0.15) is 21.5 Å².